The van der Waals surface area contributed by atoms with Crippen molar-refractivity contribution in [1.82, 2.24) is 25.9 Å². The summed E-state index contributed by atoms with van der Waals surface area (Å²) in [5, 5.41) is 15.5. The number of H-pyrrole nitrogens is 1. The summed E-state index contributed by atoms with van der Waals surface area (Å²) in [6, 6.07) is -1.94. The van der Waals surface area contributed by atoms with Gasteiger partial charge in [-0.25, -0.2) is 4.98 Å². The molecular weight excluding hydrogens is 320 g/mol. The van der Waals surface area contributed by atoms with Gasteiger partial charge in [0.1, 0.15) is 18.6 Å². The van der Waals surface area contributed by atoms with Gasteiger partial charge in [-0.15, -0.1) is 0 Å². The zero-order valence-electron chi connectivity index (χ0n) is 13.0. The van der Waals surface area contributed by atoms with Gasteiger partial charge in [0.05, 0.1) is 12.9 Å². The molecule has 0 bridgehead atoms. The van der Waals surface area contributed by atoms with Crippen LogP contribution in [0.25, 0.3) is 0 Å². The molecule has 1 heterocycles. The van der Waals surface area contributed by atoms with E-state index < -0.39 is 42.3 Å². The Balaban J connectivity index is 2.67. The molecule has 0 saturated carbocycles. The highest BCUT2D eigenvalue weighted by molar-refractivity contribution is 5.93. The van der Waals surface area contributed by atoms with E-state index in [9.17, 15) is 19.2 Å². The Labute approximate surface area is 137 Å². The van der Waals surface area contributed by atoms with Crippen LogP contribution in [0.5, 0.6) is 0 Å². The predicted octanol–water partition coefficient (Wildman–Crippen LogP) is -2.90. The van der Waals surface area contributed by atoms with E-state index >= 15 is 0 Å². The van der Waals surface area contributed by atoms with Crippen molar-refractivity contribution in [2.24, 2.45) is 5.73 Å². The maximum atomic E-state index is 12.3. The van der Waals surface area contributed by atoms with E-state index in [1.807, 2.05) is 0 Å². The van der Waals surface area contributed by atoms with Crippen LogP contribution in [0.1, 0.15) is 12.6 Å². The van der Waals surface area contributed by atoms with Crippen LogP contribution in [0.3, 0.4) is 0 Å². The SMILES string of the molecule is C[C@H](NC(=O)[C@H](Cc1cnc[nH]1)NC(=O)CN)C(=O)NCC(=O)O. The highest BCUT2D eigenvalue weighted by Crippen LogP contribution is 2.00. The molecule has 0 aliphatic heterocycles. The summed E-state index contributed by atoms with van der Waals surface area (Å²) in [5.74, 6) is -2.99. The minimum atomic E-state index is -1.20. The molecule has 0 saturated heterocycles. The quantitative estimate of drug-likeness (QED) is 0.279. The van der Waals surface area contributed by atoms with Gasteiger partial charge in [0, 0.05) is 18.3 Å². The normalized spacial score (nSPS) is 12.8. The zero-order chi connectivity index (χ0) is 18.1. The smallest absolute Gasteiger partial charge is 0.322 e. The second-order valence-electron chi connectivity index (χ2n) is 4.95. The number of amides is 3. The lowest BCUT2D eigenvalue weighted by Crippen LogP contribution is -2.54. The lowest BCUT2D eigenvalue weighted by atomic mass is 10.1. The molecule has 11 heteroatoms. The number of nitrogens with zero attached hydrogens (tertiary/aromatic N) is 1. The van der Waals surface area contributed by atoms with Crippen LogP contribution in [0.2, 0.25) is 0 Å². The monoisotopic (exact) mass is 340 g/mol. The molecular formula is C13H20N6O5. The molecule has 1 aromatic heterocycles. The van der Waals surface area contributed by atoms with Gasteiger partial charge >= 0.3 is 5.97 Å². The molecule has 0 aromatic carbocycles. The van der Waals surface area contributed by atoms with Crippen molar-refractivity contribution in [1.29, 1.82) is 0 Å². The minimum absolute atomic E-state index is 0.126. The molecule has 3 amide bonds. The lowest BCUT2D eigenvalue weighted by molar-refractivity contribution is -0.138. The summed E-state index contributed by atoms with van der Waals surface area (Å²) >= 11 is 0. The number of hydrogen-bond acceptors (Lipinski definition) is 6. The summed E-state index contributed by atoms with van der Waals surface area (Å²) in [7, 11) is 0. The van der Waals surface area contributed by atoms with Crippen LogP contribution in [-0.4, -0.2) is 63.9 Å². The number of carbonyl (C=O) groups is 4. The number of rotatable bonds is 9. The number of aromatic nitrogens is 2. The number of nitrogens with one attached hydrogen (secondary N) is 4. The number of carboxylic acids is 1. The number of hydrogen-bond donors (Lipinski definition) is 6. The molecule has 0 aliphatic rings. The van der Waals surface area contributed by atoms with E-state index in [2.05, 4.69) is 25.9 Å². The first kappa shape index (κ1) is 19.1. The van der Waals surface area contributed by atoms with Crippen molar-refractivity contribution in [3.8, 4) is 0 Å². The Morgan fingerprint density at radius 1 is 1.29 bits per heavy atom. The van der Waals surface area contributed by atoms with E-state index in [0.29, 0.717) is 5.69 Å². The van der Waals surface area contributed by atoms with E-state index in [1.54, 1.807) is 0 Å². The van der Waals surface area contributed by atoms with Gasteiger partial charge in [0.15, 0.2) is 0 Å². The molecule has 7 N–H and O–H groups in total. The molecule has 11 nitrogen and oxygen atoms in total. The van der Waals surface area contributed by atoms with Gasteiger partial charge in [-0.1, -0.05) is 0 Å². The topological polar surface area (TPSA) is 179 Å². The number of carbonyl (C=O) groups excluding carboxylic acids is 3. The fraction of sp³-hybridized carbons (Fsp3) is 0.462. The second-order valence-corrected chi connectivity index (χ2v) is 4.95. The Morgan fingerprint density at radius 3 is 2.54 bits per heavy atom. The number of imidazole rings is 1. The largest absolute Gasteiger partial charge is 0.480 e. The van der Waals surface area contributed by atoms with Crippen LogP contribution in [0, 0.1) is 0 Å². The average Bonchev–Trinajstić information content (AvgIpc) is 3.04. The van der Waals surface area contributed by atoms with Crippen molar-refractivity contribution < 1.29 is 24.3 Å². The molecule has 0 aliphatic carbocycles. The maximum absolute atomic E-state index is 12.3. The fourth-order valence-corrected chi connectivity index (χ4v) is 1.77. The van der Waals surface area contributed by atoms with Crippen LogP contribution >= 0.6 is 0 Å². The number of aromatic amines is 1. The van der Waals surface area contributed by atoms with Crippen LogP contribution in [0.4, 0.5) is 0 Å². The average molecular weight is 340 g/mol. The second kappa shape index (κ2) is 9.25. The van der Waals surface area contributed by atoms with Crippen molar-refractivity contribution >= 4 is 23.7 Å². The summed E-state index contributed by atoms with van der Waals surface area (Å²) < 4.78 is 0. The van der Waals surface area contributed by atoms with E-state index in [-0.39, 0.29) is 13.0 Å². The van der Waals surface area contributed by atoms with Gasteiger partial charge in [-0.2, -0.15) is 0 Å². The number of nitrogens with two attached hydrogens (primary N) is 1. The van der Waals surface area contributed by atoms with Gasteiger partial charge in [0.25, 0.3) is 0 Å². The maximum Gasteiger partial charge on any atom is 0.322 e. The zero-order valence-corrected chi connectivity index (χ0v) is 13.0. The van der Waals surface area contributed by atoms with Crippen molar-refractivity contribution in [2.75, 3.05) is 13.1 Å². The Hall–Kier alpha value is -2.95. The molecule has 132 valence electrons. The lowest BCUT2D eigenvalue weighted by Gasteiger charge is -2.20. The summed E-state index contributed by atoms with van der Waals surface area (Å²) in [6.45, 7) is 0.551. The molecule has 0 radical (unpaired) electrons. The van der Waals surface area contributed by atoms with E-state index in [0.717, 1.165) is 0 Å². The first-order valence-electron chi connectivity index (χ1n) is 7.10. The van der Waals surface area contributed by atoms with Crippen molar-refractivity contribution in [3.63, 3.8) is 0 Å². The molecule has 0 unspecified atom stereocenters. The highest BCUT2D eigenvalue weighted by atomic mass is 16.4. The van der Waals surface area contributed by atoms with Crippen LogP contribution < -0.4 is 21.7 Å². The third kappa shape index (κ3) is 6.44. The molecule has 2 atom stereocenters. The minimum Gasteiger partial charge on any atom is -0.480 e. The number of carboxylic acid groups (broad SMARTS) is 1. The standard InChI is InChI=1S/C13H20N6O5/c1-7(12(23)16-5-11(21)22)18-13(24)9(19-10(20)3-14)2-8-4-15-6-17-8/h4,6-7,9H,2-3,5,14H2,1H3,(H,15,17)(H,16,23)(H,18,24)(H,19,20)(H,21,22)/t7-,9-/m0/s1. The Bertz CT molecular complexity index is 588. The number of aliphatic carboxylic acids is 1. The molecule has 0 fully saturated rings. The fourth-order valence-electron chi connectivity index (χ4n) is 1.77. The first-order chi connectivity index (χ1) is 11.3. The van der Waals surface area contributed by atoms with Gasteiger partial charge in [0.2, 0.25) is 17.7 Å². The van der Waals surface area contributed by atoms with E-state index in [1.165, 1.54) is 19.4 Å². The van der Waals surface area contributed by atoms with E-state index in [4.69, 9.17) is 10.8 Å². The third-order valence-electron chi connectivity index (χ3n) is 2.98. The summed E-state index contributed by atoms with van der Waals surface area (Å²) in [5.41, 5.74) is 5.83. The van der Waals surface area contributed by atoms with Gasteiger partial charge in [-0.05, 0) is 6.92 Å². The highest BCUT2D eigenvalue weighted by Gasteiger charge is 2.25. The van der Waals surface area contributed by atoms with Crippen LogP contribution in [0.15, 0.2) is 12.5 Å². The van der Waals surface area contributed by atoms with Crippen molar-refractivity contribution in [2.45, 2.75) is 25.4 Å². The Kier molecular flexibility index (Phi) is 7.36. The van der Waals surface area contributed by atoms with Gasteiger partial charge < -0.3 is 31.8 Å². The third-order valence-corrected chi connectivity index (χ3v) is 2.98. The molecule has 1 aromatic rings. The molecule has 24 heavy (non-hydrogen) atoms. The first-order valence-corrected chi connectivity index (χ1v) is 7.10. The molecule has 0 spiro atoms. The van der Waals surface area contributed by atoms with Gasteiger partial charge in [-0.3, -0.25) is 19.2 Å². The van der Waals surface area contributed by atoms with Crippen molar-refractivity contribution in [3.05, 3.63) is 18.2 Å². The molecule has 1 rings (SSSR count). The van der Waals surface area contributed by atoms with Crippen LogP contribution in [-0.2, 0) is 25.6 Å². The predicted molar refractivity (Wildman–Crippen MR) is 81.5 cm³/mol. The summed E-state index contributed by atoms with van der Waals surface area (Å²) in [6.07, 6.45) is 3.05. The summed E-state index contributed by atoms with van der Waals surface area (Å²) in [4.78, 5) is 52.5. The Morgan fingerprint density at radius 2 is 2.00 bits per heavy atom.